The van der Waals surface area contributed by atoms with Crippen molar-refractivity contribution in [3.63, 3.8) is 0 Å². The van der Waals surface area contributed by atoms with Crippen molar-refractivity contribution < 1.29 is 9.21 Å². The Morgan fingerprint density at radius 2 is 2.35 bits per heavy atom. The first kappa shape index (κ1) is 15.3. The molecule has 0 saturated carbocycles. The molecule has 0 bridgehead atoms. The summed E-state index contributed by atoms with van der Waals surface area (Å²) in [6.07, 6.45) is 4.48. The number of anilines is 1. The van der Waals surface area contributed by atoms with Crippen LogP contribution in [0.3, 0.4) is 0 Å². The molecule has 0 aliphatic carbocycles. The second-order valence-electron chi connectivity index (χ2n) is 5.58. The average molecular weight is 317 g/mol. The first-order valence-corrected chi connectivity index (χ1v) is 7.66. The Morgan fingerprint density at radius 3 is 3.04 bits per heavy atom. The Balaban J connectivity index is 1.66. The van der Waals surface area contributed by atoms with Crippen LogP contribution in [-0.2, 0) is 0 Å². The number of aryl methyl sites for hydroxylation is 1. The van der Waals surface area contributed by atoms with Gasteiger partial charge in [0.1, 0.15) is 12.1 Å². The van der Waals surface area contributed by atoms with Crippen LogP contribution >= 0.6 is 0 Å². The van der Waals surface area contributed by atoms with E-state index in [4.69, 9.17) is 4.42 Å². The van der Waals surface area contributed by atoms with Crippen LogP contribution in [0.4, 0.5) is 5.82 Å². The van der Waals surface area contributed by atoms with Crippen molar-refractivity contribution in [1.29, 1.82) is 0 Å². The largest absolute Gasteiger partial charge is 0.448 e. The Kier molecular flexibility index (Phi) is 4.40. The molecule has 0 radical (unpaired) electrons. The number of aromatic nitrogens is 3. The fourth-order valence-corrected chi connectivity index (χ4v) is 2.78. The summed E-state index contributed by atoms with van der Waals surface area (Å²) in [5.74, 6) is 0.939. The van der Waals surface area contributed by atoms with Crippen molar-refractivity contribution in [1.82, 2.24) is 20.5 Å². The van der Waals surface area contributed by atoms with Crippen molar-refractivity contribution in [3.05, 3.63) is 40.3 Å². The molecule has 1 amide bonds. The number of nitrogens with one attached hydrogen (secondary N) is 2. The molecule has 23 heavy (non-hydrogen) atoms. The Hall–Kier alpha value is -2.64. The van der Waals surface area contributed by atoms with Crippen molar-refractivity contribution in [2.45, 2.75) is 32.2 Å². The van der Waals surface area contributed by atoms with Crippen LogP contribution in [0, 0.1) is 6.92 Å². The zero-order valence-corrected chi connectivity index (χ0v) is 12.9. The van der Waals surface area contributed by atoms with Crippen molar-refractivity contribution in [2.24, 2.45) is 0 Å². The maximum Gasteiger partial charge on any atom is 0.273 e. The molecule has 0 aromatic carbocycles. The minimum atomic E-state index is -0.248. The van der Waals surface area contributed by atoms with Gasteiger partial charge in [0.15, 0.2) is 11.6 Å². The summed E-state index contributed by atoms with van der Waals surface area (Å²) in [6.45, 7) is 3.04. The zero-order valence-electron chi connectivity index (χ0n) is 12.9. The highest BCUT2D eigenvalue weighted by molar-refractivity contribution is 5.91. The maximum atomic E-state index is 12.1. The number of rotatable bonds is 4. The summed E-state index contributed by atoms with van der Waals surface area (Å²) in [6, 6.07) is 3.31. The molecule has 1 saturated heterocycles. The summed E-state index contributed by atoms with van der Waals surface area (Å²) < 4.78 is 5.05. The fraction of sp³-hybridized carbons (Fsp3) is 0.467. The highest BCUT2D eigenvalue weighted by Gasteiger charge is 2.24. The number of hydrogen-bond donors (Lipinski definition) is 2. The smallest absolute Gasteiger partial charge is 0.273 e. The molecule has 1 atom stereocenters. The molecule has 1 aliphatic rings. The highest BCUT2D eigenvalue weighted by atomic mass is 16.3. The number of carbonyl (C=O) groups excluding carboxylic acids is 1. The molecular weight excluding hydrogens is 298 g/mol. The van der Waals surface area contributed by atoms with Gasteiger partial charge < -0.3 is 14.6 Å². The molecule has 1 fully saturated rings. The topological polar surface area (TPSA) is 104 Å². The fourth-order valence-electron chi connectivity index (χ4n) is 2.78. The number of amides is 1. The van der Waals surface area contributed by atoms with Crippen molar-refractivity contribution in [3.8, 4) is 0 Å². The number of oxazole rings is 1. The lowest BCUT2D eigenvalue weighted by atomic mass is 10.0. The van der Waals surface area contributed by atoms with Gasteiger partial charge in [-0.1, -0.05) is 0 Å². The lowest BCUT2D eigenvalue weighted by Crippen LogP contribution is -2.47. The number of piperidine rings is 1. The van der Waals surface area contributed by atoms with Gasteiger partial charge in [-0.25, -0.2) is 10.1 Å². The number of H-pyrrole nitrogens is 1. The predicted octanol–water partition coefficient (Wildman–Crippen LogP) is 0.855. The molecule has 8 nitrogen and oxygen atoms in total. The first-order valence-electron chi connectivity index (χ1n) is 7.66. The first-order chi connectivity index (χ1) is 11.1. The molecule has 3 heterocycles. The van der Waals surface area contributed by atoms with Gasteiger partial charge in [0.25, 0.3) is 11.5 Å². The van der Waals surface area contributed by atoms with Gasteiger partial charge in [-0.2, -0.15) is 5.10 Å². The third kappa shape index (κ3) is 3.58. The minimum absolute atomic E-state index is 0.138. The van der Waals surface area contributed by atoms with E-state index in [9.17, 15) is 9.59 Å². The van der Waals surface area contributed by atoms with Crippen LogP contribution < -0.4 is 15.8 Å². The van der Waals surface area contributed by atoms with Crippen molar-refractivity contribution >= 4 is 11.7 Å². The van der Waals surface area contributed by atoms with E-state index in [1.54, 1.807) is 13.0 Å². The molecule has 2 aromatic heterocycles. The summed E-state index contributed by atoms with van der Waals surface area (Å²) in [5, 5.41) is 9.43. The van der Waals surface area contributed by atoms with Gasteiger partial charge >= 0.3 is 0 Å². The molecular formula is C15H19N5O3. The quantitative estimate of drug-likeness (QED) is 0.866. The number of nitrogens with zero attached hydrogens (tertiary/aromatic N) is 3. The lowest BCUT2D eigenvalue weighted by Gasteiger charge is -2.36. The van der Waals surface area contributed by atoms with Gasteiger partial charge in [-0.05, 0) is 25.3 Å². The van der Waals surface area contributed by atoms with Crippen LogP contribution in [0.5, 0.6) is 0 Å². The van der Waals surface area contributed by atoms with Gasteiger partial charge in [-0.3, -0.25) is 9.59 Å². The lowest BCUT2D eigenvalue weighted by molar-refractivity contribution is 0.0944. The van der Waals surface area contributed by atoms with E-state index >= 15 is 0 Å². The van der Waals surface area contributed by atoms with Gasteiger partial charge in [0, 0.05) is 32.1 Å². The molecule has 122 valence electrons. The molecule has 2 aromatic rings. The van der Waals surface area contributed by atoms with E-state index in [0.29, 0.717) is 12.4 Å². The monoisotopic (exact) mass is 317 g/mol. The normalized spacial score (nSPS) is 18.0. The molecule has 0 spiro atoms. The number of aromatic amines is 1. The van der Waals surface area contributed by atoms with Crippen molar-refractivity contribution in [2.75, 3.05) is 18.0 Å². The summed E-state index contributed by atoms with van der Waals surface area (Å²) in [4.78, 5) is 29.4. The second kappa shape index (κ2) is 6.64. The highest BCUT2D eigenvalue weighted by Crippen LogP contribution is 2.21. The van der Waals surface area contributed by atoms with E-state index < -0.39 is 0 Å². The van der Waals surface area contributed by atoms with Crippen LogP contribution in [0.25, 0.3) is 0 Å². The molecule has 1 unspecified atom stereocenters. The maximum absolute atomic E-state index is 12.1. The van der Waals surface area contributed by atoms with E-state index in [1.165, 1.54) is 12.3 Å². The van der Waals surface area contributed by atoms with Gasteiger partial charge in [0.05, 0.1) is 0 Å². The van der Waals surface area contributed by atoms with E-state index in [2.05, 4.69) is 25.4 Å². The van der Waals surface area contributed by atoms with E-state index in [1.807, 2.05) is 0 Å². The van der Waals surface area contributed by atoms with Crippen LogP contribution in [0.15, 0.2) is 27.6 Å². The molecule has 1 aliphatic heterocycles. The zero-order chi connectivity index (χ0) is 16.2. The van der Waals surface area contributed by atoms with Gasteiger partial charge in [0.2, 0.25) is 0 Å². The van der Waals surface area contributed by atoms with Gasteiger partial charge in [-0.15, -0.1) is 0 Å². The summed E-state index contributed by atoms with van der Waals surface area (Å²) in [5.41, 5.74) is 0.0593. The molecule has 3 rings (SSSR count). The van der Waals surface area contributed by atoms with Crippen LogP contribution in [0.2, 0.25) is 0 Å². The van der Waals surface area contributed by atoms with E-state index in [0.717, 1.165) is 31.6 Å². The average Bonchev–Trinajstić information content (AvgIpc) is 3.00. The second-order valence-corrected chi connectivity index (χ2v) is 5.58. The molecule has 8 heteroatoms. The molecule has 2 N–H and O–H groups in total. The number of carbonyl (C=O) groups is 1. The third-order valence-electron chi connectivity index (χ3n) is 3.94. The summed E-state index contributed by atoms with van der Waals surface area (Å²) in [7, 11) is 0. The standard InChI is InChI=1S/C15H19N5O3/c1-10-17-12(9-23-10)15(22)16-8-11-4-2-3-7-20(11)13-5-6-14(21)19-18-13/h5-6,9,11H,2-4,7-8H2,1H3,(H,16,22)(H,19,21). The van der Waals surface area contributed by atoms with Crippen LogP contribution in [-0.4, -0.2) is 40.2 Å². The predicted molar refractivity (Wildman–Crippen MR) is 83.4 cm³/mol. The Bertz CT molecular complexity index is 718. The third-order valence-corrected chi connectivity index (χ3v) is 3.94. The Labute approximate surface area is 132 Å². The van der Waals surface area contributed by atoms with E-state index in [-0.39, 0.29) is 23.2 Å². The number of hydrogen-bond acceptors (Lipinski definition) is 6. The summed E-state index contributed by atoms with van der Waals surface area (Å²) >= 11 is 0. The Morgan fingerprint density at radius 1 is 1.48 bits per heavy atom. The SMILES string of the molecule is Cc1nc(C(=O)NCC2CCCCN2c2ccc(=O)[nH]n2)co1. The van der Waals surface area contributed by atoms with Crippen LogP contribution in [0.1, 0.15) is 35.6 Å². The minimum Gasteiger partial charge on any atom is -0.448 e.